The van der Waals surface area contributed by atoms with E-state index in [2.05, 4.69) is 5.32 Å². The predicted octanol–water partition coefficient (Wildman–Crippen LogP) is 3.50. The fourth-order valence-corrected chi connectivity index (χ4v) is 3.18. The summed E-state index contributed by atoms with van der Waals surface area (Å²) < 4.78 is 41.2. The number of carboxylic acids is 1. The van der Waals surface area contributed by atoms with E-state index in [4.69, 9.17) is 0 Å². The molecule has 0 spiro atoms. The van der Waals surface area contributed by atoms with E-state index in [0.717, 1.165) is 11.6 Å². The maximum atomic E-state index is 13.2. The fraction of sp³-hybridized carbons (Fsp3) is 0.182. The van der Waals surface area contributed by atoms with Crippen LogP contribution in [0.1, 0.15) is 17.7 Å². The minimum absolute atomic E-state index is 0.127. The molecule has 0 saturated heterocycles. The number of aliphatic carboxylic acids is 1. The molecule has 0 bridgehead atoms. The van der Waals surface area contributed by atoms with Gasteiger partial charge in [-0.25, -0.2) is 0 Å². The fourth-order valence-electron chi connectivity index (χ4n) is 3.18. The van der Waals surface area contributed by atoms with Crippen LogP contribution in [0.25, 0.3) is 11.3 Å². The summed E-state index contributed by atoms with van der Waals surface area (Å²) in [5.74, 6) is -1.89. The number of rotatable bonds is 7. The van der Waals surface area contributed by atoms with Crippen LogP contribution in [-0.4, -0.2) is 16.4 Å². The number of nitrogens with zero attached hydrogens (tertiary/aromatic N) is 1. The maximum Gasteiger partial charge on any atom is 0.418 e. The van der Waals surface area contributed by atoms with Gasteiger partial charge in [0.2, 0.25) is 5.91 Å². The summed E-state index contributed by atoms with van der Waals surface area (Å²) in [6, 6.07) is 17.3. The zero-order chi connectivity index (χ0) is 21.7. The Bertz CT molecular complexity index is 1040. The van der Waals surface area contributed by atoms with E-state index in [1.165, 1.54) is 18.2 Å². The van der Waals surface area contributed by atoms with Crippen molar-refractivity contribution in [2.24, 2.45) is 0 Å². The SMILES string of the molecule is O=C([O-])CCc1ccc(-c2ccccc2)n1CC(=O)Nc1ccccc1C(F)(F)F. The van der Waals surface area contributed by atoms with E-state index in [-0.39, 0.29) is 25.1 Å². The van der Waals surface area contributed by atoms with Crippen LogP contribution in [0.5, 0.6) is 0 Å². The lowest BCUT2D eigenvalue weighted by atomic mass is 10.1. The average molecular weight is 415 g/mol. The molecule has 0 radical (unpaired) electrons. The largest absolute Gasteiger partial charge is 0.550 e. The summed E-state index contributed by atoms with van der Waals surface area (Å²) in [6.07, 6.45) is -4.72. The molecule has 30 heavy (non-hydrogen) atoms. The zero-order valence-corrected chi connectivity index (χ0v) is 15.8. The van der Waals surface area contributed by atoms with Crippen molar-refractivity contribution in [3.05, 3.63) is 78.0 Å². The van der Waals surface area contributed by atoms with Crippen molar-refractivity contribution in [2.45, 2.75) is 25.6 Å². The molecule has 0 unspecified atom stereocenters. The number of carbonyl (C=O) groups is 2. The quantitative estimate of drug-likeness (QED) is 0.642. The molecule has 5 nitrogen and oxygen atoms in total. The number of alkyl halides is 3. The smallest absolute Gasteiger partial charge is 0.418 e. The van der Waals surface area contributed by atoms with Crippen molar-refractivity contribution < 1.29 is 27.9 Å². The van der Waals surface area contributed by atoms with Gasteiger partial charge in [-0.2, -0.15) is 13.2 Å². The van der Waals surface area contributed by atoms with Gasteiger partial charge in [0, 0.05) is 17.4 Å². The van der Waals surface area contributed by atoms with Crippen LogP contribution < -0.4 is 10.4 Å². The Morgan fingerprint density at radius 3 is 2.27 bits per heavy atom. The Morgan fingerprint density at radius 2 is 1.60 bits per heavy atom. The van der Waals surface area contributed by atoms with Crippen LogP contribution in [0.4, 0.5) is 18.9 Å². The van der Waals surface area contributed by atoms with Gasteiger partial charge in [0.05, 0.1) is 11.3 Å². The topological polar surface area (TPSA) is 74.2 Å². The van der Waals surface area contributed by atoms with E-state index >= 15 is 0 Å². The van der Waals surface area contributed by atoms with E-state index < -0.39 is 23.6 Å². The number of hydrogen-bond acceptors (Lipinski definition) is 3. The standard InChI is InChI=1S/C22H19F3N2O3/c23-22(24,25)17-8-4-5-9-18(17)26-20(28)14-27-16(11-13-21(29)30)10-12-19(27)15-6-2-1-3-7-15/h1-10,12H,11,13-14H2,(H,26,28)(H,29,30)/p-1. The predicted molar refractivity (Wildman–Crippen MR) is 103 cm³/mol. The summed E-state index contributed by atoms with van der Waals surface area (Å²) in [5, 5.41) is 13.2. The van der Waals surface area contributed by atoms with Gasteiger partial charge in [0.25, 0.3) is 0 Å². The Balaban J connectivity index is 1.89. The Hall–Kier alpha value is -3.55. The molecule has 2 aromatic carbocycles. The summed E-state index contributed by atoms with van der Waals surface area (Å²) in [6.45, 7) is -0.272. The van der Waals surface area contributed by atoms with Gasteiger partial charge in [-0.05, 0) is 42.7 Å². The minimum Gasteiger partial charge on any atom is -0.550 e. The number of hydrogen-bond donors (Lipinski definition) is 1. The zero-order valence-electron chi connectivity index (χ0n) is 15.8. The molecule has 0 aliphatic heterocycles. The number of anilines is 1. The molecule has 3 aromatic rings. The Kier molecular flexibility index (Phi) is 6.25. The van der Waals surface area contributed by atoms with Crippen LogP contribution in [0.2, 0.25) is 0 Å². The number of aromatic nitrogens is 1. The summed E-state index contributed by atoms with van der Waals surface area (Å²) in [5.41, 5.74) is 0.743. The van der Waals surface area contributed by atoms with Crippen molar-refractivity contribution >= 4 is 17.6 Å². The molecule has 8 heteroatoms. The average Bonchev–Trinajstić information content (AvgIpc) is 3.09. The first-order valence-electron chi connectivity index (χ1n) is 9.15. The second-order valence-electron chi connectivity index (χ2n) is 6.63. The lowest BCUT2D eigenvalue weighted by Crippen LogP contribution is -2.24. The number of halogens is 3. The third-order valence-corrected chi connectivity index (χ3v) is 4.53. The van der Waals surface area contributed by atoms with Crippen LogP contribution in [-0.2, 0) is 28.7 Å². The van der Waals surface area contributed by atoms with Crippen molar-refractivity contribution in [1.82, 2.24) is 4.57 Å². The summed E-state index contributed by atoms with van der Waals surface area (Å²) in [7, 11) is 0. The molecular weight excluding hydrogens is 397 g/mol. The highest BCUT2D eigenvalue weighted by atomic mass is 19.4. The molecule has 0 fully saturated rings. The summed E-state index contributed by atoms with van der Waals surface area (Å²) in [4.78, 5) is 23.5. The molecule has 1 aromatic heterocycles. The van der Waals surface area contributed by atoms with Gasteiger partial charge in [-0.1, -0.05) is 42.5 Å². The number of carbonyl (C=O) groups excluding carboxylic acids is 2. The molecule has 0 aliphatic rings. The van der Waals surface area contributed by atoms with Crippen molar-refractivity contribution in [2.75, 3.05) is 5.32 Å². The minimum atomic E-state index is -4.60. The summed E-state index contributed by atoms with van der Waals surface area (Å²) >= 11 is 0. The first kappa shape index (κ1) is 21.2. The van der Waals surface area contributed by atoms with E-state index in [1.54, 1.807) is 16.7 Å². The molecule has 3 rings (SSSR count). The Morgan fingerprint density at radius 1 is 0.933 bits per heavy atom. The monoisotopic (exact) mass is 415 g/mol. The number of para-hydroxylation sites is 1. The van der Waals surface area contributed by atoms with Crippen LogP contribution in [0.15, 0.2) is 66.7 Å². The molecule has 1 amide bonds. The molecule has 1 N–H and O–H groups in total. The third-order valence-electron chi connectivity index (χ3n) is 4.53. The highest BCUT2D eigenvalue weighted by molar-refractivity contribution is 5.92. The molecule has 0 aliphatic carbocycles. The van der Waals surface area contributed by atoms with Gasteiger partial charge in [0.15, 0.2) is 0 Å². The number of aryl methyl sites for hydroxylation is 1. The van der Waals surface area contributed by atoms with Crippen molar-refractivity contribution in [3.63, 3.8) is 0 Å². The second kappa shape index (κ2) is 8.86. The number of amides is 1. The molecular formula is C22H18F3N2O3-. The van der Waals surface area contributed by atoms with Gasteiger partial charge in [-0.3, -0.25) is 4.79 Å². The molecule has 0 saturated carbocycles. The van der Waals surface area contributed by atoms with E-state index in [1.807, 2.05) is 30.3 Å². The Labute approximate surface area is 170 Å². The van der Waals surface area contributed by atoms with Crippen LogP contribution in [0, 0.1) is 0 Å². The number of nitrogens with one attached hydrogen (secondary N) is 1. The first-order chi connectivity index (χ1) is 14.3. The van der Waals surface area contributed by atoms with E-state index in [9.17, 15) is 27.9 Å². The lowest BCUT2D eigenvalue weighted by Gasteiger charge is -2.16. The highest BCUT2D eigenvalue weighted by Crippen LogP contribution is 2.34. The maximum absolute atomic E-state index is 13.2. The number of carboxylic acid groups (broad SMARTS) is 1. The first-order valence-corrected chi connectivity index (χ1v) is 9.15. The van der Waals surface area contributed by atoms with Gasteiger partial charge < -0.3 is 19.8 Å². The second-order valence-corrected chi connectivity index (χ2v) is 6.63. The van der Waals surface area contributed by atoms with Crippen LogP contribution in [0.3, 0.4) is 0 Å². The van der Waals surface area contributed by atoms with Crippen molar-refractivity contribution in [3.8, 4) is 11.3 Å². The van der Waals surface area contributed by atoms with Crippen molar-refractivity contribution in [1.29, 1.82) is 0 Å². The normalized spacial score (nSPS) is 11.3. The number of benzene rings is 2. The van der Waals surface area contributed by atoms with E-state index in [0.29, 0.717) is 11.4 Å². The van der Waals surface area contributed by atoms with Gasteiger partial charge in [-0.15, -0.1) is 0 Å². The third kappa shape index (κ3) is 5.08. The highest BCUT2D eigenvalue weighted by Gasteiger charge is 2.33. The van der Waals surface area contributed by atoms with Gasteiger partial charge >= 0.3 is 6.18 Å². The molecule has 156 valence electrons. The molecule has 1 heterocycles. The van der Waals surface area contributed by atoms with Crippen LogP contribution >= 0.6 is 0 Å². The molecule has 0 atom stereocenters. The van der Waals surface area contributed by atoms with Gasteiger partial charge in [0.1, 0.15) is 6.54 Å². The lowest BCUT2D eigenvalue weighted by molar-refractivity contribution is -0.305.